The number of allylic oxidation sites excluding steroid dienone is 4. The van der Waals surface area contributed by atoms with E-state index in [1.54, 1.807) is 0 Å². The fraction of sp³-hybridized carbons (Fsp3) is 0.812. The van der Waals surface area contributed by atoms with Crippen molar-refractivity contribution in [2.75, 3.05) is 13.2 Å². The largest absolute Gasteiger partial charge is 0.469 e. The number of rotatable bonds is 29. The number of carbonyl (C=O) groups is 2. The van der Waals surface area contributed by atoms with Gasteiger partial charge in [-0.25, -0.2) is 4.57 Å². The van der Waals surface area contributed by atoms with Crippen LogP contribution in [0.4, 0.5) is 0 Å². The van der Waals surface area contributed by atoms with Crippen molar-refractivity contribution in [3.8, 4) is 0 Å². The van der Waals surface area contributed by atoms with Gasteiger partial charge in [-0.1, -0.05) is 115 Å². The lowest BCUT2D eigenvalue weighted by molar-refractivity contribution is -0.161. The normalized spacial score (nSPS) is 12.8. The van der Waals surface area contributed by atoms with Crippen molar-refractivity contribution in [1.29, 1.82) is 0 Å². The summed E-state index contributed by atoms with van der Waals surface area (Å²) in [5.41, 5.74) is 0. The summed E-state index contributed by atoms with van der Waals surface area (Å²) in [6.45, 7) is 3.49. The molecule has 0 aromatic rings. The van der Waals surface area contributed by atoms with Crippen LogP contribution < -0.4 is 0 Å². The zero-order chi connectivity index (χ0) is 30.4. The van der Waals surface area contributed by atoms with Gasteiger partial charge in [-0.2, -0.15) is 0 Å². The van der Waals surface area contributed by atoms with Crippen LogP contribution >= 0.6 is 7.82 Å². The van der Waals surface area contributed by atoms with Crippen molar-refractivity contribution in [2.45, 2.75) is 155 Å². The molecule has 0 saturated heterocycles. The van der Waals surface area contributed by atoms with Crippen LogP contribution in [0.2, 0.25) is 0 Å². The first-order valence-corrected chi connectivity index (χ1v) is 17.7. The van der Waals surface area contributed by atoms with Crippen molar-refractivity contribution in [3.63, 3.8) is 0 Å². The summed E-state index contributed by atoms with van der Waals surface area (Å²) in [5.74, 6) is -0.910. The lowest BCUT2D eigenvalue weighted by atomic mass is 10.1. The van der Waals surface area contributed by atoms with Crippen LogP contribution in [0, 0.1) is 0 Å². The average Bonchev–Trinajstić information content (AvgIpc) is 2.93. The molecule has 0 aromatic carbocycles. The van der Waals surface area contributed by atoms with Crippen LogP contribution in [0.1, 0.15) is 149 Å². The van der Waals surface area contributed by atoms with E-state index in [9.17, 15) is 14.2 Å². The van der Waals surface area contributed by atoms with E-state index in [1.165, 1.54) is 57.8 Å². The lowest BCUT2D eigenvalue weighted by Gasteiger charge is -2.18. The summed E-state index contributed by atoms with van der Waals surface area (Å²) < 4.78 is 25.9. The summed E-state index contributed by atoms with van der Waals surface area (Å²) in [4.78, 5) is 42.0. The highest BCUT2D eigenvalue weighted by Gasteiger charge is 2.22. The topological polar surface area (TPSA) is 119 Å². The number of hydrogen-bond acceptors (Lipinski definition) is 6. The van der Waals surface area contributed by atoms with Gasteiger partial charge in [0.05, 0.1) is 6.61 Å². The predicted molar refractivity (Wildman–Crippen MR) is 165 cm³/mol. The molecule has 2 N–H and O–H groups in total. The first-order valence-electron chi connectivity index (χ1n) is 16.1. The molecule has 1 atom stereocenters. The monoisotopic (exact) mass is 602 g/mol. The Hall–Kier alpha value is -1.47. The molecular formula is C32H59O8P. The Balaban J connectivity index is 3.86. The zero-order valence-electron chi connectivity index (χ0n) is 25.9. The van der Waals surface area contributed by atoms with Crippen LogP contribution in [0.15, 0.2) is 24.3 Å². The van der Waals surface area contributed by atoms with Crippen molar-refractivity contribution >= 4 is 19.8 Å². The molecule has 0 fully saturated rings. The highest BCUT2D eigenvalue weighted by molar-refractivity contribution is 7.46. The molecule has 1 unspecified atom stereocenters. The number of phosphoric ester groups is 1. The maximum absolute atomic E-state index is 12.2. The van der Waals surface area contributed by atoms with Gasteiger partial charge in [-0.3, -0.25) is 14.1 Å². The number of hydrogen-bond donors (Lipinski definition) is 2. The van der Waals surface area contributed by atoms with Gasteiger partial charge in [0.25, 0.3) is 0 Å². The predicted octanol–water partition coefficient (Wildman–Crippen LogP) is 8.90. The van der Waals surface area contributed by atoms with E-state index in [0.717, 1.165) is 51.4 Å². The first-order chi connectivity index (χ1) is 19.8. The molecule has 240 valence electrons. The molecule has 0 aromatic heterocycles. The van der Waals surface area contributed by atoms with Crippen LogP contribution in [0.25, 0.3) is 0 Å². The number of carbonyl (C=O) groups excluding carboxylic acids is 2. The van der Waals surface area contributed by atoms with E-state index < -0.39 is 32.5 Å². The van der Waals surface area contributed by atoms with Crippen molar-refractivity contribution in [1.82, 2.24) is 0 Å². The second kappa shape index (κ2) is 28.6. The highest BCUT2D eigenvalue weighted by Crippen LogP contribution is 2.35. The Morgan fingerprint density at radius 1 is 0.634 bits per heavy atom. The van der Waals surface area contributed by atoms with E-state index in [1.807, 2.05) is 0 Å². The molecule has 0 heterocycles. The summed E-state index contributed by atoms with van der Waals surface area (Å²) in [5, 5.41) is 0. The fourth-order valence-electron chi connectivity index (χ4n) is 4.28. The SMILES string of the molecule is CCCCC/C=C\C/C=C\CCCCCCCCCCCC(=O)OC(COC(=O)CCCCCC)COP(=O)(O)O. The minimum absolute atomic E-state index is 0.208. The van der Waals surface area contributed by atoms with Crippen molar-refractivity contribution < 1.29 is 37.9 Å². The van der Waals surface area contributed by atoms with Crippen molar-refractivity contribution in [3.05, 3.63) is 24.3 Å². The van der Waals surface area contributed by atoms with E-state index in [0.29, 0.717) is 12.8 Å². The third-order valence-electron chi connectivity index (χ3n) is 6.72. The van der Waals surface area contributed by atoms with Gasteiger partial charge in [0.1, 0.15) is 6.61 Å². The molecule has 41 heavy (non-hydrogen) atoms. The highest BCUT2D eigenvalue weighted by atomic mass is 31.2. The molecule has 8 nitrogen and oxygen atoms in total. The standard InChI is InChI=1S/C32H59O8P/c1-3-5-7-9-10-11-12-13-14-15-16-17-18-19-20-21-22-23-25-27-32(34)40-30(29-39-41(35,36)37)28-38-31(33)26-24-8-6-4-2/h10-11,13-14,30H,3-9,12,15-29H2,1-2H3,(H2,35,36,37)/b11-10-,14-13-. The van der Waals surface area contributed by atoms with E-state index in [4.69, 9.17) is 19.3 Å². The Morgan fingerprint density at radius 2 is 1.10 bits per heavy atom. The van der Waals surface area contributed by atoms with E-state index >= 15 is 0 Å². The smallest absolute Gasteiger partial charge is 0.462 e. The maximum Gasteiger partial charge on any atom is 0.469 e. The molecule has 0 amide bonds. The molecule has 0 spiro atoms. The summed E-state index contributed by atoms with van der Waals surface area (Å²) >= 11 is 0. The van der Waals surface area contributed by atoms with Crippen LogP contribution in [-0.4, -0.2) is 41.0 Å². The van der Waals surface area contributed by atoms with E-state index in [2.05, 4.69) is 42.7 Å². The number of unbranched alkanes of at least 4 members (excludes halogenated alkanes) is 15. The van der Waals surface area contributed by atoms with Gasteiger partial charge in [0.15, 0.2) is 6.10 Å². The number of ether oxygens (including phenoxy) is 2. The first kappa shape index (κ1) is 39.5. The summed E-state index contributed by atoms with van der Waals surface area (Å²) in [7, 11) is -4.73. The quantitative estimate of drug-likeness (QED) is 0.0377. The lowest BCUT2D eigenvalue weighted by Crippen LogP contribution is -2.29. The van der Waals surface area contributed by atoms with Crippen LogP contribution in [0.3, 0.4) is 0 Å². The summed E-state index contributed by atoms with van der Waals surface area (Å²) in [6.07, 6.45) is 29.6. The Kier molecular flexibility index (Phi) is 27.6. The van der Waals surface area contributed by atoms with E-state index in [-0.39, 0.29) is 19.4 Å². The minimum Gasteiger partial charge on any atom is -0.462 e. The van der Waals surface area contributed by atoms with Gasteiger partial charge in [-0.05, 0) is 44.9 Å². The summed E-state index contributed by atoms with van der Waals surface area (Å²) in [6, 6.07) is 0. The van der Waals surface area contributed by atoms with Gasteiger partial charge in [-0.15, -0.1) is 0 Å². The van der Waals surface area contributed by atoms with Crippen LogP contribution in [0.5, 0.6) is 0 Å². The van der Waals surface area contributed by atoms with Gasteiger partial charge in [0.2, 0.25) is 0 Å². The fourth-order valence-corrected chi connectivity index (χ4v) is 4.64. The molecule has 0 rings (SSSR count). The molecule has 0 saturated carbocycles. The van der Waals surface area contributed by atoms with Gasteiger partial charge >= 0.3 is 19.8 Å². The second-order valence-electron chi connectivity index (χ2n) is 10.8. The average molecular weight is 603 g/mol. The molecule has 0 aliphatic rings. The minimum atomic E-state index is -4.73. The third kappa shape index (κ3) is 31.3. The van der Waals surface area contributed by atoms with Gasteiger partial charge in [0, 0.05) is 12.8 Å². The van der Waals surface area contributed by atoms with Gasteiger partial charge < -0.3 is 19.3 Å². The second-order valence-corrected chi connectivity index (χ2v) is 12.0. The Bertz CT molecular complexity index is 731. The molecule has 0 radical (unpaired) electrons. The molecule has 9 heteroatoms. The third-order valence-corrected chi connectivity index (χ3v) is 7.21. The van der Waals surface area contributed by atoms with Crippen molar-refractivity contribution in [2.24, 2.45) is 0 Å². The van der Waals surface area contributed by atoms with Crippen LogP contribution in [-0.2, 0) is 28.2 Å². The number of esters is 2. The molecule has 0 bridgehead atoms. The molecular weight excluding hydrogens is 543 g/mol. The molecule has 0 aliphatic carbocycles. The zero-order valence-corrected chi connectivity index (χ0v) is 26.8. The Labute approximate surface area is 249 Å². The maximum atomic E-state index is 12.2. The number of phosphoric acid groups is 1. The molecule has 0 aliphatic heterocycles. The Morgan fingerprint density at radius 3 is 1.66 bits per heavy atom.